The number of rotatable bonds is 5. The SMILES string of the molecule is Cc1cccc(C)c1OCC(C)NC(=O)c1ccc(C#Cc2ccccc2)o1. The van der Waals surface area contributed by atoms with Gasteiger partial charge in [-0.25, -0.2) is 0 Å². The number of hydrogen-bond donors (Lipinski definition) is 1. The highest BCUT2D eigenvalue weighted by Gasteiger charge is 2.14. The summed E-state index contributed by atoms with van der Waals surface area (Å²) in [6.45, 7) is 6.28. The molecule has 0 bridgehead atoms. The molecule has 1 amide bonds. The quantitative estimate of drug-likeness (QED) is 0.670. The van der Waals surface area contributed by atoms with E-state index in [-0.39, 0.29) is 17.7 Å². The minimum absolute atomic E-state index is 0.171. The maximum Gasteiger partial charge on any atom is 0.287 e. The van der Waals surface area contributed by atoms with Crippen molar-refractivity contribution in [3.8, 4) is 17.6 Å². The van der Waals surface area contributed by atoms with Gasteiger partial charge in [0.05, 0.1) is 6.04 Å². The van der Waals surface area contributed by atoms with Crippen molar-refractivity contribution in [2.75, 3.05) is 6.61 Å². The number of hydrogen-bond acceptors (Lipinski definition) is 3. The van der Waals surface area contributed by atoms with Gasteiger partial charge >= 0.3 is 0 Å². The Bertz CT molecular complexity index is 989. The first-order valence-corrected chi connectivity index (χ1v) is 9.19. The van der Waals surface area contributed by atoms with Crippen molar-refractivity contribution < 1.29 is 13.9 Å². The first-order valence-electron chi connectivity index (χ1n) is 9.19. The molecule has 28 heavy (non-hydrogen) atoms. The number of aryl methyl sites for hydroxylation is 2. The highest BCUT2D eigenvalue weighted by molar-refractivity contribution is 5.91. The molecular weight excluding hydrogens is 350 g/mol. The number of nitrogens with one attached hydrogen (secondary N) is 1. The number of carbonyl (C=O) groups excluding carboxylic acids is 1. The zero-order chi connectivity index (χ0) is 19.9. The van der Waals surface area contributed by atoms with Crippen LogP contribution in [0.2, 0.25) is 0 Å². The van der Waals surface area contributed by atoms with Gasteiger partial charge in [-0.05, 0) is 62.1 Å². The van der Waals surface area contributed by atoms with E-state index in [1.807, 2.05) is 69.3 Å². The third kappa shape index (κ3) is 5.05. The van der Waals surface area contributed by atoms with Gasteiger partial charge in [-0.15, -0.1) is 0 Å². The molecule has 1 atom stereocenters. The fourth-order valence-corrected chi connectivity index (χ4v) is 2.75. The van der Waals surface area contributed by atoms with Gasteiger partial charge < -0.3 is 14.5 Å². The van der Waals surface area contributed by atoms with E-state index in [4.69, 9.17) is 9.15 Å². The minimum Gasteiger partial charge on any atom is -0.491 e. The molecule has 4 heteroatoms. The average molecular weight is 373 g/mol. The van der Waals surface area contributed by atoms with Crippen molar-refractivity contribution in [2.45, 2.75) is 26.8 Å². The summed E-state index contributed by atoms with van der Waals surface area (Å²) in [5.41, 5.74) is 3.04. The van der Waals surface area contributed by atoms with E-state index in [1.165, 1.54) is 0 Å². The molecule has 3 rings (SSSR count). The Morgan fingerprint density at radius 2 is 1.71 bits per heavy atom. The van der Waals surface area contributed by atoms with Crippen molar-refractivity contribution in [2.24, 2.45) is 0 Å². The van der Waals surface area contributed by atoms with Crippen molar-refractivity contribution in [3.63, 3.8) is 0 Å². The van der Waals surface area contributed by atoms with Crippen molar-refractivity contribution in [3.05, 3.63) is 88.9 Å². The molecule has 4 nitrogen and oxygen atoms in total. The van der Waals surface area contributed by atoms with Crippen LogP contribution in [0.25, 0.3) is 0 Å². The number of benzene rings is 2. The molecule has 1 heterocycles. The summed E-state index contributed by atoms with van der Waals surface area (Å²) in [6, 6.07) is 18.8. The van der Waals surface area contributed by atoms with Gasteiger partial charge in [0.15, 0.2) is 11.5 Å². The topological polar surface area (TPSA) is 51.5 Å². The monoisotopic (exact) mass is 373 g/mol. The highest BCUT2D eigenvalue weighted by atomic mass is 16.5. The van der Waals surface area contributed by atoms with E-state index < -0.39 is 0 Å². The lowest BCUT2D eigenvalue weighted by Crippen LogP contribution is -2.36. The third-order valence-electron chi connectivity index (χ3n) is 4.20. The van der Waals surface area contributed by atoms with Crippen LogP contribution in [-0.4, -0.2) is 18.6 Å². The summed E-state index contributed by atoms with van der Waals surface area (Å²) in [4.78, 5) is 12.4. The van der Waals surface area contributed by atoms with Crippen LogP contribution in [0.1, 0.15) is 39.9 Å². The standard InChI is InChI=1S/C24H23NO3/c1-17-8-7-9-18(2)23(17)27-16-19(3)25-24(26)22-15-14-21(28-22)13-12-20-10-5-4-6-11-20/h4-11,14-15,19H,16H2,1-3H3,(H,25,26). The Morgan fingerprint density at radius 3 is 2.43 bits per heavy atom. The fourth-order valence-electron chi connectivity index (χ4n) is 2.75. The number of para-hydroxylation sites is 1. The van der Waals surface area contributed by atoms with E-state index in [9.17, 15) is 4.79 Å². The second-order valence-corrected chi connectivity index (χ2v) is 6.69. The summed E-state index contributed by atoms with van der Waals surface area (Å²) in [5.74, 6) is 7.19. The minimum atomic E-state index is -0.287. The predicted molar refractivity (Wildman–Crippen MR) is 109 cm³/mol. The molecule has 0 saturated heterocycles. The molecule has 0 saturated carbocycles. The Balaban J connectivity index is 1.56. The third-order valence-corrected chi connectivity index (χ3v) is 4.20. The summed E-state index contributed by atoms with van der Waals surface area (Å²) >= 11 is 0. The largest absolute Gasteiger partial charge is 0.491 e. The maximum absolute atomic E-state index is 12.4. The van der Waals surface area contributed by atoms with E-state index in [1.54, 1.807) is 12.1 Å². The molecule has 3 aromatic rings. The molecule has 1 N–H and O–H groups in total. The zero-order valence-corrected chi connectivity index (χ0v) is 16.3. The van der Waals surface area contributed by atoms with Crippen LogP contribution in [0.15, 0.2) is 65.1 Å². The first-order chi connectivity index (χ1) is 13.5. The molecule has 0 aliphatic carbocycles. The number of amides is 1. The first kappa shape index (κ1) is 19.3. The summed E-state index contributed by atoms with van der Waals surface area (Å²) < 4.78 is 11.4. The van der Waals surface area contributed by atoms with Crippen LogP contribution < -0.4 is 10.1 Å². The molecule has 0 spiro atoms. The van der Waals surface area contributed by atoms with Gasteiger partial charge in [0.25, 0.3) is 5.91 Å². The summed E-state index contributed by atoms with van der Waals surface area (Å²) in [7, 11) is 0. The smallest absolute Gasteiger partial charge is 0.287 e. The van der Waals surface area contributed by atoms with Gasteiger partial charge in [0.2, 0.25) is 0 Å². The molecule has 142 valence electrons. The van der Waals surface area contributed by atoms with Crippen LogP contribution in [0, 0.1) is 25.7 Å². The summed E-state index contributed by atoms with van der Waals surface area (Å²) in [5, 5.41) is 2.89. The second kappa shape index (κ2) is 8.96. The Kier molecular flexibility index (Phi) is 6.18. The van der Waals surface area contributed by atoms with E-state index >= 15 is 0 Å². The van der Waals surface area contributed by atoms with Gasteiger partial charge in [-0.3, -0.25) is 4.79 Å². The molecule has 2 aromatic carbocycles. The lowest BCUT2D eigenvalue weighted by Gasteiger charge is -2.17. The summed E-state index contributed by atoms with van der Waals surface area (Å²) in [6.07, 6.45) is 0. The van der Waals surface area contributed by atoms with Crippen LogP contribution in [0.3, 0.4) is 0 Å². The predicted octanol–water partition coefficient (Wildman–Crippen LogP) is 4.49. The molecule has 1 unspecified atom stereocenters. The van der Waals surface area contributed by atoms with Crippen LogP contribution in [0.5, 0.6) is 5.75 Å². The second-order valence-electron chi connectivity index (χ2n) is 6.69. The Hall–Kier alpha value is -3.45. The van der Waals surface area contributed by atoms with Crippen molar-refractivity contribution >= 4 is 5.91 Å². The lowest BCUT2D eigenvalue weighted by atomic mass is 10.1. The van der Waals surface area contributed by atoms with Crippen LogP contribution in [0.4, 0.5) is 0 Å². The van der Waals surface area contributed by atoms with E-state index in [2.05, 4.69) is 17.2 Å². The van der Waals surface area contributed by atoms with E-state index in [0.717, 1.165) is 22.4 Å². The van der Waals surface area contributed by atoms with Gasteiger partial charge in [-0.1, -0.05) is 42.3 Å². The fraction of sp³-hybridized carbons (Fsp3) is 0.208. The molecular formula is C24H23NO3. The van der Waals surface area contributed by atoms with E-state index in [0.29, 0.717) is 12.4 Å². The highest BCUT2D eigenvalue weighted by Crippen LogP contribution is 2.22. The molecule has 0 aliphatic heterocycles. The number of carbonyl (C=O) groups is 1. The molecule has 0 fully saturated rings. The Labute approximate surface area is 165 Å². The van der Waals surface area contributed by atoms with Gasteiger partial charge in [0.1, 0.15) is 12.4 Å². The van der Waals surface area contributed by atoms with Crippen LogP contribution in [-0.2, 0) is 0 Å². The number of ether oxygens (including phenoxy) is 1. The zero-order valence-electron chi connectivity index (χ0n) is 16.3. The van der Waals surface area contributed by atoms with Crippen LogP contribution >= 0.6 is 0 Å². The lowest BCUT2D eigenvalue weighted by molar-refractivity contribution is 0.0898. The molecule has 0 aliphatic rings. The van der Waals surface area contributed by atoms with Gasteiger partial charge in [0, 0.05) is 5.56 Å². The van der Waals surface area contributed by atoms with Crippen molar-refractivity contribution in [1.29, 1.82) is 0 Å². The Morgan fingerprint density at radius 1 is 1.00 bits per heavy atom. The van der Waals surface area contributed by atoms with Gasteiger partial charge in [-0.2, -0.15) is 0 Å². The number of furan rings is 1. The molecule has 0 radical (unpaired) electrons. The maximum atomic E-state index is 12.4. The average Bonchev–Trinajstić information content (AvgIpc) is 3.16. The molecule has 1 aromatic heterocycles. The normalized spacial score (nSPS) is 11.2. The van der Waals surface area contributed by atoms with Crippen molar-refractivity contribution in [1.82, 2.24) is 5.32 Å².